The standard InChI is InChI=1S/C24H27N3O4/c1-12-9-18(15(4)27(12)20-7-8-20)10-19(11-25)24(30)31-17(6)23(29)22-13(2)21(16(5)28)14(3)26-22/h9-10,17,20,26H,7-8H2,1-6H3/b19-10+/t17-/m0/s1. The maximum absolute atomic E-state index is 12.8. The van der Waals surface area contributed by atoms with Crippen LogP contribution in [-0.4, -0.2) is 33.2 Å². The average Bonchev–Trinajstić information content (AvgIpc) is 3.42. The van der Waals surface area contributed by atoms with Gasteiger partial charge in [-0.25, -0.2) is 4.79 Å². The Morgan fingerprint density at radius 2 is 1.90 bits per heavy atom. The number of aryl methyl sites for hydroxylation is 2. The van der Waals surface area contributed by atoms with Crippen LogP contribution in [-0.2, 0) is 9.53 Å². The highest BCUT2D eigenvalue weighted by Crippen LogP contribution is 2.38. The number of esters is 1. The topological polar surface area (TPSA) is 105 Å². The molecule has 3 rings (SSSR count). The first-order chi connectivity index (χ1) is 14.6. The largest absolute Gasteiger partial charge is 0.450 e. The van der Waals surface area contributed by atoms with E-state index in [1.165, 1.54) is 19.9 Å². The first kappa shape index (κ1) is 22.3. The maximum Gasteiger partial charge on any atom is 0.349 e. The summed E-state index contributed by atoms with van der Waals surface area (Å²) in [4.78, 5) is 40.1. The lowest BCUT2D eigenvalue weighted by atomic mass is 10.0. The van der Waals surface area contributed by atoms with Crippen molar-refractivity contribution in [3.05, 3.63) is 51.1 Å². The number of nitrogens with one attached hydrogen (secondary N) is 1. The number of carbonyl (C=O) groups excluding carboxylic acids is 3. The molecule has 1 aliphatic rings. The van der Waals surface area contributed by atoms with Gasteiger partial charge in [-0.3, -0.25) is 9.59 Å². The molecule has 0 radical (unpaired) electrons. The molecule has 2 heterocycles. The number of H-pyrrole nitrogens is 1. The number of rotatable bonds is 7. The highest BCUT2D eigenvalue weighted by atomic mass is 16.5. The van der Waals surface area contributed by atoms with E-state index in [0.29, 0.717) is 22.9 Å². The number of ether oxygens (including phenoxy) is 1. The highest BCUT2D eigenvalue weighted by Gasteiger charge is 2.28. The second kappa shape index (κ2) is 8.38. The van der Waals surface area contributed by atoms with Gasteiger partial charge < -0.3 is 14.3 Å². The van der Waals surface area contributed by atoms with Crippen molar-refractivity contribution in [1.29, 1.82) is 5.26 Å². The van der Waals surface area contributed by atoms with E-state index in [9.17, 15) is 19.6 Å². The number of aromatic nitrogens is 2. The van der Waals surface area contributed by atoms with Crippen LogP contribution in [0.15, 0.2) is 11.6 Å². The summed E-state index contributed by atoms with van der Waals surface area (Å²) in [5.74, 6) is -1.45. The van der Waals surface area contributed by atoms with E-state index >= 15 is 0 Å². The number of aromatic amines is 1. The van der Waals surface area contributed by atoms with Gasteiger partial charge in [0.25, 0.3) is 0 Å². The summed E-state index contributed by atoms with van der Waals surface area (Å²) in [6.07, 6.45) is 2.67. The summed E-state index contributed by atoms with van der Waals surface area (Å²) in [7, 11) is 0. The van der Waals surface area contributed by atoms with Gasteiger partial charge in [-0.05, 0) is 77.7 Å². The van der Waals surface area contributed by atoms with Gasteiger partial charge in [0.05, 0.1) is 5.69 Å². The minimum atomic E-state index is -1.11. The quantitative estimate of drug-likeness (QED) is 0.310. The summed E-state index contributed by atoms with van der Waals surface area (Å²) in [5, 5.41) is 9.51. The molecule has 1 fully saturated rings. The Bertz CT molecular complexity index is 1150. The molecule has 2 aromatic rings. The molecule has 162 valence electrons. The summed E-state index contributed by atoms with van der Waals surface area (Å²) >= 11 is 0. The van der Waals surface area contributed by atoms with Crippen LogP contribution in [0.1, 0.15) is 81.8 Å². The Hall–Kier alpha value is -3.40. The average molecular weight is 421 g/mol. The molecule has 0 spiro atoms. The second-order valence-electron chi connectivity index (χ2n) is 8.19. The van der Waals surface area contributed by atoms with Crippen molar-refractivity contribution in [2.45, 2.75) is 66.5 Å². The van der Waals surface area contributed by atoms with Crippen molar-refractivity contribution < 1.29 is 19.1 Å². The zero-order valence-corrected chi connectivity index (χ0v) is 18.8. The number of hydrogen-bond donors (Lipinski definition) is 1. The van der Waals surface area contributed by atoms with E-state index in [4.69, 9.17) is 4.74 Å². The Kier molecular flexibility index (Phi) is 6.03. The zero-order valence-electron chi connectivity index (χ0n) is 18.8. The molecular formula is C24H27N3O4. The molecule has 1 atom stereocenters. The summed E-state index contributed by atoms with van der Waals surface area (Å²) in [6.45, 7) is 10.3. The normalized spacial score (nSPS) is 14.8. The summed E-state index contributed by atoms with van der Waals surface area (Å²) in [6, 6.07) is 4.32. The van der Waals surface area contributed by atoms with Crippen molar-refractivity contribution in [3.8, 4) is 6.07 Å². The van der Waals surface area contributed by atoms with Gasteiger partial charge in [0.1, 0.15) is 11.6 Å². The van der Waals surface area contributed by atoms with E-state index in [2.05, 4.69) is 9.55 Å². The molecule has 31 heavy (non-hydrogen) atoms. The first-order valence-electron chi connectivity index (χ1n) is 10.3. The molecule has 1 N–H and O–H groups in total. The Balaban J connectivity index is 1.80. The van der Waals surface area contributed by atoms with Gasteiger partial charge in [0.15, 0.2) is 11.9 Å². The predicted octanol–water partition coefficient (Wildman–Crippen LogP) is 4.31. The van der Waals surface area contributed by atoms with Gasteiger partial charge in [0, 0.05) is 28.7 Å². The molecule has 7 nitrogen and oxygen atoms in total. The molecule has 0 amide bonds. The molecule has 0 bridgehead atoms. The van der Waals surface area contributed by atoms with Crippen molar-refractivity contribution in [1.82, 2.24) is 9.55 Å². The van der Waals surface area contributed by atoms with Crippen LogP contribution in [0.25, 0.3) is 6.08 Å². The fourth-order valence-electron chi connectivity index (χ4n) is 4.14. The lowest BCUT2D eigenvalue weighted by molar-refractivity contribution is -0.141. The first-order valence-corrected chi connectivity index (χ1v) is 10.3. The van der Waals surface area contributed by atoms with Crippen LogP contribution in [0.3, 0.4) is 0 Å². The minimum Gasteiger partial charge on any atom is -0.450 e. The van der Waals surface area contributed by atoms with Crippen LogP contribution in [0, 0.1) is 39.0 Å². The van der Waals surface area contributed by atoms with Crippen LogP contribution in [0.2, 0.25) is 0 Å². The van der Waals surface area contributed by atoms with Crippen molar-refractivity contribution in [3.63, 3.8) is 0 Å². The van der Waals surface area contributed by atoms with Gasteiger partial charge in [0.2, 0.25) is 5.78 Å². The van der Waals surface area contributed by atoms with Gasteiger partial charge in [-0.15, -0.1) is 0 Å². The number of carbonyl (C=O) groups is 3. The smallest absolute Gasteiger partial charge is 0.349 e. The number of nitriles is 1. The maximum atomic E-state index is 12.8. The van der Waals surface area contributed by atoms with Crippen LogP contribution in [0.4, 0.5) is 0 Å². The lowest BCUT2D eigenvalue weighted by Gasteiger charge is -2.12. The molecule has 1 aliphatic carbocycles. The summed E-state index contributed by atoms with van der Waals surface area (Å²) < 4.78 is 7.53. The predicted molar refractivity (Wildman–Crippen MR) is 116 cm³/mol. The molecule has 7 heteroatoms. The molecule has 1 saturated carbocycles. The number of ketones is 2. The molecule has 0 unspecified atom stereocenters. The lowest BCUT2D eigenvalue weighted by Crippen LogP contribution is -2.26. The number of hydrogen-bond acceptors (Lipinski definition) is 5. The molecule has 0 aromatic carbocycles. The van der Waals surface area contributed by atoms with Gasteiger partial charge >= 0.3 is 5.97 Å². The molecule has 2 aromatic heterocycles. The summed E-state index contributed by atoms with van der Waals surface area (Å²) in [5.41, 5.74) is 4.53. The second-order valence-corrected chi connectivity index (χ2v) is 8.19. The van der Waals surface area contributed by atoms with E-state index in [1.54, 1.807) is 13.8 Å². The minimum absolute atomic E-state index is 0.145. The van der Waals surface area contributed by atoms with E-state index in [0.717, 1.165) is 29.8 Å². The van der Waals surface area contributed by atoms with E-state index in [1.807, 2.05) is 26.0 Å². The SMILES string of the molecule is CC(=O)c1c(C)[nH]c(C(=O)[C@H](C)OC(=O)/C(C#N)=C/c2cc(C)n(C3CC3)c2C)c1C. The number of nitrogens with zero attached hydrogens (tertiary/aromatic N) is 2. The Labute approximate surface area is 181 Å². The third-order valence-electron chi connectivity index (χ3n) is 5.76. The van der Waals surface area contributed by atoms with E-state index < -0.39 is 17.9 Å². The molecule has 0 saturated heterocycles. The Morgan fingerprint density at radius 1 is 1.26 bits per heavy atom. The van der Waals surface area contributed by atoms with Gasteiger partial charge in [-0.1, -0.05) is 0 Å². The van der Waals surface area contributed by atoms with Crippen molar-refractivity contribution >= 4 is 23.6 Å². The van der Waals surface area contributed by atoms with Crippen LogP contribution >= 0.6 is 0 Å². The Morgan fingerprint density at radius 3 is 2.42 bits per heavy atom. The van der Waals surface area contributed by atoms with E-state index in [-0.39, 0.29) is 17.1 Å². The third kappa shape index (κ3) is 4.24. The highest BCUT2D eigenvalue weighted by molar-refractivity contribution is 6.06. The fourth-order valence-corrected chi connectivity index (χ4v) is 4.14. The van der Waals surface area contributed by atoms with Crippen LogP contribution < -0.4 is 0 Å². The zero-order chi connectivity index (χ0) is 23.0. The van der Waals surface area contributed by atoms with Crippen LogP contribution in [0.5, 0.6) is 0 Å². The molecular weight excluding hydrogens is 394 g/mol. The molecule has 0 aliphatic heterocycles. The van der Waals surface area contributed by atoms with Crippen molar-refractivity contribution in [2.75, 3.05) is 0 Å². The fraction of sp³-hybridized carbons (Fsp3) is 0.417. The van der Waals surface area contributed by atoms with Gasteiger partial charge in [-0.2, -0.15) is 5.26 Å². The third-order valence-corrected chi connectivity index (χ3v) is 5.76. The van der Waals surface area contributed by atoms with Crippen molar-refractivity contribution in [2.24, 2.45) is 0 Å². The number of Topliss-reactive ketones (excluding diaryl/α,β-unsaturated/α-hetero) is 2. The monoisotopic (exact) mass is 421 g/mol.